The Morgan fingerprint density at radius 3 is 2.03 bits per heavy atom. The highest BCUT2D eigenvalue weighted by Gasteiger charge is 2.36. The Labute approximate surface area is 193 Å². The molecule has 0 aliphatic heterocycles. The molecule has 0 aliphatic carbocycles. The third kappa shape index (κ3) is 5.51. The van der Waals surface area contributed by atoms with Gasteiger partial charge in [-0.15, -0.1) is 0 Å². The van der Waals surface area contributed by atoms with Crippen molar-refractivity contribution in [3.05, 3.63) is 57.1 Å². The van der Waals surface area contributed by atoms with Gasteiger partial charge in [0.2, 0.25) is 8.32 Å². The molecule has 0 saturated heterocycles. The SMILES string of the molecule is COC(=O)CC(C)(Oc1c(Cl)c(Cl)c(O[Si](C)(C)C)c(C#N)c1C#N)c1ccccc1. The van der Waals surface area contributed by atoms with Gasteiger partial charge in [0.05, 0.1) is 13.5 Å². The molecule has 0 N–H and O–H groups in total. The zero-order valence-corrected chi connectivity index (χ0v) is 20.4. The number of hydrogen-bond donors (Lipinski definition) is 0. The lowest BCUT2D eigenvalue weighted by Gasteiger charge is -2.32. The fourth-order valence-electron chi connectivity index (χ4n) is 2.92. The minimum absolute atomic E-state index is 0.0249. The summed E-state index contributed by atoms with van der Waals surface area (Å²) in [6.45, 7) is 7.41. The molecule has 2 aromatic rings. The van der Waals surface area contributed by atoms with Crippen molar-refractivity contribution in [3.63, 3.8) is 0 Å². The van der Waals surface area contributed by atoms with Crippen LogP contribution in [0.4, 0.5) is 0 Å². The van der Waals surface area contributed by atoms with Crippen LogP contribution in [0.2, 0.25) is 29.7 Å². The first-order valence-corrected chi connectivity index (χ1v) is 13.5. The molecule has 0 radical (unpaired) electrons. The van der Waals surface area contributed by atoms with E-state index < -0.39 is 19.9 Å². The molecule has 0 aromatic heterocycles. The fraction of sp³-hybridized carbons (Fsp3) is 0.318. The Morgan fingerprint density at radius 2 is 1.55 bits per heavy atom. The number of nitrogens with zero attached hydrogens (tertiary/aromatic N) is 2. The highest BCUT2D eigenvalue weighted by molar-refractivity contribution is 6.70. The van der Waals surface area contributed by atoms with Gasteiger partial charge >= 0.3 is 5.97 Å². The van der Waals surface area contributed by atoms with Crippen LogP contribution in [-0.2, 0) is 15.1 Å². The van der Waals surface area contributed by atoms with Crippen LogP contribution in [-0.4, -0.2) is 21.4 Å². The average Bonchev–Trinajstić information content (AvgIpc) is 2.72. The maximum atomic E-state index is 12.1. The normalized spacial score (nSPS) is 12.8. The molecule has 0 heterocycles. The highest BCUT2D eigenvalue weighted by Crippen LogP contribution is 2.48. The van der Waals surface area contributed by atoms with Gasteiger partial charge in [-0.3, -0.25) is 4.79 Å². The molecular formula is C22H22Cl2N2O4Si. The molecule has 2 aromatic carbocycles. The molecule has 9 heteroatoms. The topological polar surface area (TPSA) is 92.3 Å². The van der Waals surface area contributed by atoms with Crippen molar-refractivity contribution in [2.24, 2.45) is 0 Å². The zero-order valence-electron chi connectivity index (χ0n) is 17.9. The van der Waals surface area contributed by atoms with Crippen LogP contribution in [0, 0.1) is 22.7 Å². The van der Waals surface area contributed by atoms with Crippen molar-refractivity contribution >= 4 is 37.5 Å². The first kappa shape index (κ1) is 24.6. The van der Waals surface area contributed by atoms with Crippen molar-refractivity contribution in [3.8, 4) is 23.6 Å². The van der Waals surface area contributed by atoms with E-state index in [2.05, 4.69) is 0 Å². The second-order valence-electron chi connectivity index (χ2n) is 7.93. The number of carbonyl (C=O) groups is 1. The van der Waals surface area contributed by atoms with Gasteiger partial charge in [0.25, 0.3) is 0 Å². The Morgan fingerprint density at radius 1 is 1.03 bits per heavy atom. The van der Waals surface area contributed by atoms with E-state index in [9.17, 15) is 15.3 Å². The van der Waals surface area contributed by atoms with Gasteiger partial charge in [0.1, 0.15) is 44.7 Å². The van der Waals surface area contributed by atoms with Crippen LogP contribution >= 0.6 is 23.2 Å². The van der Waals surface area contributed by atoms with Gasteiger partial charge in [-0.05, 0) is 32.1 Å². The summed E-state index contributed by atoms with van der Waals surface area (Å²) in [4.78, 5) is 12.1. The van der Waals surface area contributed by atoms with Crippen molar-refractivity contribution in [2.75, 3.05) is 7.11 Å². The van der Waals surface area contributed by atoms with Crippen LogP contribution in [0.5, 0.6) is 11.5 Å². The van der Waals surface area contributed by atoms with Crippen LogP contribution in [0.3, 0.4) is 0 Å². The third-order valence-corrected chi connectivity index (χ3v) is 5.98. The molecule has 2 rings (SSSR count). The molecule has 6 nitrogen and oxygen atoms in total. The van der Waals surface area contributed by atoms with Crippen LogP contribution in [0.1, 0.15) is 30.0 Å². The number of ether oxygens (including phenoxy) is 2. The van der Waals surface area contributed by atoms with Crippen molar-refractivity contribution in [1.29, 1.82) is 10.5 Å². The van der Waals surface area contributed by atoms with Gasteiger partial charge in [-0.2, -0.15) is 10.5 Å². The summed E-state index contributed by atoms with van der Waals surface area (Å²) in [5, 5.41) is 19.5. The summed E-state index contributed by atoms with van der Waals surface area (Å²) in [6.07, 6.45) is -0.165. The molecule has 0 aliphatic rings. The molecule has 1 atom stereocenters. The molecule has 0 amide bonds. The lowest BCUT2D eigenvalue weighted by atomic mass is 9.91. The molecular weight excluding hydrogens is 455 g/mol. The lowest BCUT2D eigenvalue weighted by molar-refractivity contribution is -0.145. The van der Waals surface area contributed by atoms with E-state index in [-0.39, 0.29) is 39.1 Å². The largest absolute Gasteiger partial charge is 0.542 e. The number of nitriles is 2. The Bertz CT molecular complexity index is 1070. The van der Waals surface area contributed by atoms with Crippen molar-refractivity contribution in [2.45, 2.75) is 38.6 Å². The predicted octanol–water partition coefficient (Wildman–Crippen LogP) is 5.81. The minimum Gasteiger partial charge on any atom is -0.542 e. The maximum absolute atomic E-state index is 12.1. The standard InChI is InChI=1S/C22H22Cl2N2O4Si/c1-22(11-17(27)28-2,14-9-7-6-8-10-14)29-20-15(12-25)16(13-26)21(19(24)18(20)23)30-31(3,4)5/h6-10H,11H2,1-5H3. The van der Waals surface area contributed by atoms with Gasteiger partial charge in [0, 0.05) is 0 Å². The number of esters is 1. The predicted molar refractivity (Wildman–Crippen MR) is 121 cm³/mol. The summed E-state index contributed by atoms with van der Waals surface area (Å²) in [7, 11) is -0.912. The molecule has 1 unspecified atom stereocenters. The Hall–Kier alpha value is -2.71. The van der Waals surface area contributed by atoms with E-state index in [1.807, 2.05) is 37.8 Å². The van der Waals surface area contributed by atoms with Crippen LogP contribution < -0.4 is 9.16 Å². The average molecular weight is 477 g/mol. The van der Waals surface area contributed by atoms with Gasteiger partial charge in [-0.1, -0.05) is 53.5 Å². The number of carbonyl (C=O) groups excluding carboxylic acids is 1. The van der Waals surface area contributed by atoms with Crippen LogP contribution in [0.15, 0.2) is 30.3 Å². The van der Waals surface area contributed by atoms with E-state index in [0.717, 1.165) is 0 Å². The van der Waals surface area contributed by atoms with Gasteiger partial charge < -0.3 is 13.9 Å². The van der Waals surface area contributed by atoms with Gasteiger partial charge in [-0.25, -0.2) is 0 Å². The zero-order chi connectivity index (χ0) is 23.4. The fourth-order valence-corrected chi connectivity index (χ4v) is 4.24. The third-order valence-electron chi connectivity index (χ3n) is 4.35. The Balaban J connectivity index is 2.74. The number of benzene rings is 2. The summed E-state index contributed by atoms with van der Waals surface area (Å²) < 4.78 is 17.0. The number of hydrogen-bond acceptors (Lipinski definition) is 6. The quantitative estimate of drug-likeness (QED) is 0.369. The van der Waals surface area contributed by atoms with E-state index in [1.165, 1.54) is 7.11 Å². The van der Waals surface area contributed by atoms with Crippen LogP contribution in [0.25, 0.3) is 0 Å². The molecule has 0 saturated carbocycles. The maximum Gasteiger partial charge on any atom is 0.309 e. The monoisotopic (exact) mass is 476 g/mol. The summed E-state index contributed by atoms with van der Waals surface area (Å²) in [6, 6.07) is 12.9. The minimum atomic E-state index is -2.18. The van der Waals surface area contributed by atoms with E-state index in [1.54, 1.807) is 31.2 Å². The van der Waals surface area contributed by atoms with E-state index in [4.69, 9.17) is 37.1 Å². The molecule has 31 heavy (non-hydrogen) atoms. The lowest BCUT2D eigenvalue weighted by Crippen LogP contribution is -2.33. The number of methoxy groups -OCH3 is 1. The molecule has 162 valence electrons. The van der Waals surface area contributed by atoms with E-state index >= 15 is 0 Å². The summed E-state index contributed by atoms with van der Waals surface area (Å²) in [5.74, 6) is -0.554. The highest BCUT2D eigenvalue weighted by atomic mass is 35.5. The first-order valence-electron chi connectivity index (χ1n) is 9.33. The molecule has 0 fully saturated rings. The summed E-state index contributed by atoms with van der Waals surface area (Å²) in [5.41, 5.74) is -0.779. The second kappa shape index (κ2) is 9.61. The van der Waals surface area contributed by atoms with Crippen molar-refractivity contribution < 1.29 is 18.7 Å². The summed E-state index contributed by atoms with van der Waals surface area (Å²) >= 11 is 13.0. The molecule has 0 spiro atoms. The second-order valence-corrected chi connectivity index (χ2v) is 13.1. The van der Waals surface area contributed by atoms with Gasteiger partial charge in [0.15, 0.2) is 5.75 Å². The molecule has 0 bridgehead atoms. The van der Waals surface area contributed by atoms with Crippen molar-refractivity contribution in [1.82, 2.24) is 0 Å². The van der Waals surface area contributed by atoms with E-state index in [0.29, 0.717) is 5.56 Å². The smallest absolute Gasteiger partial charge is 0.309 e. The Kier molecular flexibility index (Phi) is 7.61. The number of rotatable bonds is 7. The number of halogens is 2. The first-order chi connectivity index (χ1) is 14.5.